The fourth-order valence-corrected chi connectivity index (χ4v) is 3.65. The van der Waals surface area contributed by atoms with Gasteiger partial charge in [0.05, 0.1) is 0 Å². The van der Waals surface area contributed by atoms with Gasteiger partial charge in [-0.2, -0.15) is 0 Å². The second kappa shape index (κ2) is 8.38. The normalized spacial score (nSPS) is 26.7. The molecule has 1 saturated carbocycles. The fraction of sp³-hybridized carbons (Fsp3) is 1.00. The monoisotopic (exact) mass is 282 g/mol. The molecule has 0 bridgehead atoms. The molecule has 0 aromatic rings. The van der Waals surface area contributed by atoms with Crippen LogP contribution < -0.4 is 5.73 Å². The molecule has 2 nitrogen and oxygen atoms in total. The topological polar surface area (TPSA) is 29.3 Å². The molecule has 1 unspecified atom stereocenters. The lowest BCUT2D eigenvalue weighted by molar-refractivity contribution is 0.0717. The first kappa shape index (κ1) is 18.0. The molecule has 0 radical (unpaired) electrons. The van der Waals surface area contributed by atoms with E-state index in [4.69, 9.17) is 5.73 Å². The van der Waals surface area contributed by atoms with Crippen LogP contribution in [0.3, 0.4) is 0 Å². The highest BCUT2D eigenvalue weighted by molar-refractivity contribution is 4.95. The zero-order valence-corrected chi connectivity index (χ0v) is 14.5. The maximum absolute atomic E-state index is 6.30. The van der Waals surface area contributed by atoms with Crippen LogP contribution in [-0.2, 0) is 0 Å². The van der Waals surface area contributed by atoms with E-state index >= 15 is 0 Å². The average Bonchev–Trinajstić information content (AvgIpc) is 2.58. The van der Waals surface area contributed by atoms with Crippen molar-refractivity contribution in [1.82, 2.24) is 4.90 Å². The first-order valence-electron chi connectivity index (χ1n) is 8.95. The number of nitrogens with zero attached hydrogens (tertiary/aromatic N) is 1. The van der Waals surface area contributed by atoms with Crippen LogP contribution in [0.25, 0.3) is 0 Å². The van der Waals surface area contributed by atoms with Crippen molar-refractivity contribution in [2.24, 2.45) is 11.1 Å². The van der Waals surface area contributed by atoms with E-state index in [1.807, 2.05) is 0 Å². The number of hydrogen-bond donors (Lipinski definition) is 1. The fourth-order valence-electron chi connectivity index (χ4n) is 3.65. The molecule has 0 aliphatic heterocycles. The Bertz CT molecular complexity index is 254. The molecule has 1 aliphatic carbocycles. The number of hydrogen-bond acceptors (Lipinski definition) is 2. The van der Waals surface area contributed by atoms with Gasteiger partial charge >= 0.3 is 0 Å². The predicted molar refractivity (Wildman–Crippen MR) is 90.0 cm³/mol. The van der Waals surface area contributed by atoms with Crippen molar-refractivity contribution >= 4 is 0 Å². The maximum atomic E-state index is 6.30. The first-order chi connectivity index (χ1) is 9.49. The van der Waals surface area contributed by atoms with Crippen molar-refractivity contribution < 1.29 is 0 Å². The van der Waals surface area contributed by atoms with Crippen molar-refractivity contribution in [3.63, 3.8) is 0 Å². The summed E-state index contributed by atoms with van der Waals surface area (Å²) in [5.41, 5.74) is 7.10. The second-order valence-electron chi connectivity index (χ2n) is 7.64. The largest absolute Gasteiger partial charge is 0.329 e. The summed E-state index contributed by atoms with van der Waals surface area (Å²) in [4.78, 5) is 2.77. The van der Waals surface area contributed by atoms with E-state index in [0.717, 1.165) is 6.54 Å². The highest BCUT2D eigenvalue weighted by atomic mass is 15.2. The molecule has 2 N–H and O–H groups in total. The maximum Gasteiger partial charge on any atom is 0.0331 e. The van der Waals surface area contributed by atoms with E-state index in [1.165, 1.54) is 70.9 Å². The van der Waals surface area contributed by atoms with Crippen LogP contribution in [0.1, 0.15) is 85.5 Å². The Hall–Kier alpha value is -0.0800. The van der Waals surface area contributed by atoms with Crippen molar-refractivity contribution in [2.45, 2.75) is 91.0 Å². The molecule has 0 aromatic heterocycles. The van der Waals surface area contributed by atoms with Gasteiger partial charge in [-0.3, -0.25) is 4.90 Å². The molecule has 0 spiro atoms. The zero-order valence-electron chi connectivity index (χ0n) is 14.5. The third-order valence-corrected chi connectivity index (χ3v) is 5.38. The van der Waals surface area contributed by atoms with Gasteiger partial charge in [0.15, 0.2) is 0 Å². The van der Waals surface area contributed by atoms with Crippen LogP contribution in [0.2, 0.25) is 0 Å². The molecule has 120 valence electrons. The van der Waals surface area contributed by atoms with E-state index in [0.29, 0.717) is 5.41 Å². The minimum absolute atomic E-state index is 0.290. The molecule has 0 heterocycles. The summed E-state index contributed by atoms with van der Waals surface area (Å²) in [5, 5.41) is 0. The van der Waals surface area contributed by atoms with Crippen LogP contribution in [0, 0.1) is 5.41 Å². The number of nitrogens with two attached hydrogens (primary N) is 1. The predicted octanol–water partition coefficient (Wildman–Crippen LogP) is 4.58. The van der Waals surface area contributed by atoms with Gasteiger partial charge in [-0.15, -0.1) is 0 Å². The minimum atomic E-state index is 0.290. The number of rotatable bonds is 8. The standard InChI is InChI=1S/C18H38N2/c1-5-7-14-20(15-8-6-2)18(16-19)11-9-10-17(3,4)12-13-18/h5-16,19H2,1-4H3. The summed E-state index contributed by atoms with van der Waals surface area (Å²) < 4.78 is 0. The smallest absolute Gasteiger partial charge is 0.0331 e. The van der Waals surface area contributed by atoms with Gasteiger partial charge in [-0.25, -0.2) is 0 Å². The van der Waals surface area contributed by atoms with Crippen LogP contribution >= 0.6 is 0 Å². The third-order valence-electron chi connectivity index (χ3n) is 5.38. The lowest BCUT2D eigenvalue weighted by Crippen LogP contribution is -2.54. The zero-order chi connectivity index (χ0) is 15.1. The molecule has 1 aliphatic rings. The van der Waals surface area contributed by atoms with Gasteiger partial charge in [-0.05, 0) is 57.0 Å². The summed E-state index contributed by atoms with van der Waals surface area (Å²) in [6.07, 6.45) is 11.8. The van der Waals surface area contributed by atoms with Crippen molar-refractivity contribution in [3.8, 4) is 0 Å². The Kier molecular flexibility index (Phi) is 7.53. The average molecular weight is 283 g/mol. The molecule has 2 heteroatoms. The van der Waals surface area contributed by atoms with E-state index in [9.17, 15) is 0 Å². The van der Waals surface area contributed by atoms with Crippen molar-refractivity contribution in [1.29, 1.82) is 0 Å². The van der Waals surface area contributed by atoms with E-state index < -0.39 is 0 Å². The second-order valence-corrected chi connectivity index (χ2v) is 7.64. The Morgan fingerprint density at radius 2 is 1.50 bits per heavy atom. The van der Waals surface area contributed by atoms with Crippen LogP contribution in [0.5, 0.6) is 0 Å². The molecule has 1 rings (SSSR count). The molecular weight excluding hydrogens is 244 g/mol. The van der Waals surface area contributed by atoms with Gasteiger partial charge in [0.2, 0.25) is 0 Å². The SMILES string of the molecule is CCCCN(CCCC)C1(CN)CCCC(C)(C)CC1. The molecule has 0 amide bonds. The van der Waals surface area contributed by atoms with Crippen molar-refractivity contribution in [2.75, 3.05) is 19.6 Å². The van der Waals surface area contributed by atoms with Gasteiger partial charge in [-0.1, -0.05) is 47.0 Å². The quantitative estimate of drug-likeness (QED) is 0.660. The van der Waals surface area contributed by atoms with Gasteiger partial charge in [0.1, 0.15) is 0 Å². The van der Waals surface area contributed by atoms with Gasteiger partial charge < -0.3 is 5.73 Å². The van der Waals surface area contributed by atoms with Gasteiger partial charge in [0, 0.05) is 12.1 Å². The first-order valence-corrected chi connectivity index (χ1v) is 8.95. The van der Waals surface area contributed by atoms with Crippen LogP contribution in [0.15, 0.2) is 0 Å². The van der Waals surface area contributed by atoms with E-state index in [1.54, 1.807) is 0 Å². The highest BCUT2D eigenvalue weighted by Gasteiger charge is 2.38. The Labute approximate surface area is 127 Å². The molecule has 1 fully saturated rings. The summed E-state index contributed by atoms with van der Waals surface area (Å²) in [7, 11) is 0. The summed E-state index contributed by atoms with van der Waals surface area (Å²) >= 11 is 0. The Morgan fingerprint density at radius 1 is 0.900 bits per heavy atom. The summed E-state index contributed by atoms with van der Waals surface area (Å²) in [5.74, 6) is 0. The van der Waals surface area contributed by atoms with Crippen LogP contribution in [-0.4, -0.2) is 30.1 Å². The summed E-state index contributed by atoms with van der Waals surface area (Å²) in [6.45, 7) is 12.8. The van der Waals surface area contributed by atoms with Gasteiger partial charge in [0.25, 0.3) is 0 Å². The molecular formula is C18H38N2. The lowest BCUT2D eigenvalue weighted by atomic mass is 9.82. The third kappa shape index (κ3) is 5.04. The Morgan fingerprint density at radius 3 is 2.00 bits per heavy atom. The molecule has 20 heavy (non-hydrogen) atoms. The van der Waals surface area contributed by atoms with Crippen LogP contribution in [0.4, 0.5) is 0 Å². The highest BCUT2D eigenvalue weighted by Crippen LogP contribution is 2.40. The minimum Gasteiger partial charge on any atom is -0.329 e. The molecule has 0 aromatic carbocycles. The summed E-state index contributed by atoms with van der Waals surface area (Å²) in [6, 6.07) is 0. The van der Waals surface area contributed by atoms with E-state index in [2.05, 4.69) is 32.6 Å². The number of unbranched alkanes of at least 4 members (excludes halogenated alkanes) is 2. The molecule has 1 atom stereocenters. The van der Waals surface area contributed by atoms with E-state index in [-0.39, 0.29) is 5.54 Å². The lowest BCUT2D eigenvalue weighted by Gasteiger charge is -2.44. The molecule has 0 saturated heterocycles. The Balaban J connectivity index is 2.79. The van der Waals surface area contributed by atoms with Crippen molar-refractivity contribution in [3.05, 3.63) is 0 Å².